The summed E-state index contributed by atoms with van der Waals surface area (Å²) in [6, 6.07) is 0. The predicted molar refractivity (Wildman–Crippen MR) is 151 cm³/mol. The Bertz CT molecular complexity index is 802. The van der Waals surface area contributed by atoms with Gasteiger partial charge >= 0.3 is 0 Å². The molecule has 4 heteroatoms. The number of hydrogen-bond acceptors (Lipinski definition) is 4. The Labute approximate surface area is 222 Å². The third-order valence-corrected chi connectivity index (χ3v) is 8.47. The number of rotatable bonds is 16. The molecule has 2 rings (SSSR count). The highest BCUT2D eigenvalue weighted by molar-refractivity contribution is 5.59. The van der Waals surface area contributed by atoms with Crippen LogP contribution in [0.3, 0.4) is 0 Å². The molecule has 0 amide bonds. The molecule has 0 saturated heterocycles. The Kier molecular flexibility index (Phi) is 12.6. The first kappa shape index (κ1) is 31.0. The minimum absolute atomic E-state index is 0.101. The molecule has 1 aliphatic heterocycles. The van der Waals surface area contributed by atoms with E-state index in [1.165, 1.54) is 56.9 Å². The highest BCUT2D eigenvalue weighted by Crippen LogP contribution is 2.45. The lowest BCUT2D eigenvalue weighted by atomic mass is 9.83. The third kappa shape index (κ3) is 9.24. The van der Waals surface area contributed by atoms with Gasteiger partial charge in [0, 0.05) is 5.56 Å². The monoisotopic (exact) mass is 504 g/mol. The van der Waals surface area contributed by atoms with E-state index in [9.17, 15) is 5.11 Å². The van der Waals surface area contributed by atoms with Gasteiger partial charge in [-0.1, -0.05) is 72.6 Å². The maximum atomic E-state index is 9.72. The molecule has 1 aromatic carbocycles. The summed E-state index contributed by atoms with van der Waals surface area (Å²) in [5.74, 6) is 4.35. The molecule has 1 heterocycles. The predicted octanol–water partition coefficient (Wildman–Crippen LogP) is 7.87. The van der Waals surface area contributed by atoms with Gasteiger partial charge in [0.15, 0.2) is 0 Å². The summed E-state index contributed by atoms with van der Waals surface area (Å²) in [5.41, 5.74) is 4.42. The number of ether oxygens (including phenoxy) is 2. The number of aliphatic hydroxyl groups excluding tert-OH is 2. The van der Waals surface area contributed by atoms with Crippen molar-refractivity contribution in [2.45, 2.75) is 138 Å². The van der Waals surface area contributed by atoms with Crippen molar-refractivity contribution in [1.29, 1.82) is 0 Å². The Balaban J connectivity index is 1.83. The highest BCUT2D eigenvalue weighted by Gasteiger charge is 2.34. The van der Waals surface area contributed by atoms with E-state index >= 15 is 0 Å². The van der Waals surface area contributed by atoms with Gasteiger partial charge in [0.25, 0.3) is 0 Å². The van der Waals surface area contributed by atoms with Gasteiger partial charge in [0.2, 0.25) is 0 Å². The van der Waals surface area contributed by atoms with Gasteiger partial charge in [-0.05, 0) is 87.8 Å². The first-order valence-electron chi connectivity index (χ1n) is 14.7. The topological polar surface area (TPSA) is 58.9 Å². The van der Waals surface area contributed by atoms with Crippen molar-refractivity contribution in [3.05, 3.63) is 22.3 Å². The average Bonchev–Trinajstić information content (AvgIpc) is 2.82. The van der Waals surface area contributed by atoms with Gasteiger partial charge in [-0.2, -0.15) is 0 Å². The summed E-state index contributed by atoms with van der Waals surface area (Å²) in [4.78, 5) is 0. The fourth-order valence-corrected chi connectivity index (χ4v) is 5.71. The molecule has 36 heavy (non-hydrogen) atoms. The molecule has 0 spiro atoms. The summed E-state index contributed by atoms with van der Waals surface area (Å²) in [6.45, 7) is 17.9. The highest BCUT2D eigenvalue weighted by atomic mass is 16.5. The van der Waals surface area contributed by atoms with Gasteiger partial charge in [-0.15, -0.1) is 0 Å². The summed E-state index contributed by atoms with van der Waals surface area (Å²) in [5, 5.41) is 18.8. The van der Waals surface area contributed by atoms with Crippen LogP contribution in [0.15, 0.2) is 0 Å². The summed E-state index contributed by atoms with van der Waals surface area (Å²) < 4.78 is 12.6. The SMILES string of the molecule is Cc1c(C)c2c(c(C)c1OCC(O)CO)CC[C@@](C)(CCC[C@H](C)CCC[C@H](C)CCCC(C)C)O2. The van der Waals surface area contributed by atoms with Crippen LogP contribution in [0, 0.1) is 38.5 Å². The summed E-state index contributed by atoms with van der Waals surface area (Å²) in [7, 11) is 0. The Hall–Kier alpha value is -1.26. The largest absolute Gasteiger partial charge is 0.490 e. The molecule has 1 unspecified atom stereocenters. The van der Waals surface area contributed by atoms with E-state index < -0.39 is 6.10 Å². The average molecular weight is 505 g/mol. The fraction of sp³-hybridized carbons (Fsp3) is 0.812. The zero-order valence-corrected chi connectivity index (χ0v) is 24.7. The lowest BCUT2D eigenvalue weighted by molar-refractivity contribution is 0.0484. The fourth-order valence-electron chi connectivity index (χ4n) is 5.71. The minimum atomic E-state index is -0.861. The van der Waals surface area contributed by atoms with Gasteiger partial charge in [0.05, 0.1) is 6.61 Å². The van der Waals surface area contributed by atoms with Crippen molar-refractivity contribution in [3.63, 3.8) is 0 Å². The maximum Gasteiger partial charge on any atom is 0.127 e. The van der Waals surface area contributed by atoms with Gasteiger partial charge in [-0.3, -0.25) is 0 Å². The van der Waals surface area contributed by atoms with Crippen LogP contribution in [-0.4, -0.2) is 35.1 Å². The first-order chi connectivity index (χ1) is 17.0. The van der Waals surface area contributed by atoms with Crippen LogP contribution in [0.2, 0.25) is 0 Å². The van der Waals surface area contributed by atoms with Gasteiger partial charge in [-0.25, -0.2) is 0 Å². The molecule has 0 aromatic heterocycles. The number of aliphatic hydroxyl groups is 2. The zero-order valence-electron chi connectivity index (χ0n) is 24.7. The second-order valence-corrected chi connectivity index (χ2v) is 12.6. The molecule has 0 aliphatic carbocycles. The van der Waals surface area contributed by atoms with E-state index in [0.717, 1.165) is 65.2 Å². The van der Waals surface area contributed by atoms with Crippen LogP contribution >= 0.6 is 0 Å². The van der Waals surface area contributed by atoms with Crippen LogP contribution < -0.4 is 9.47 Å². The van der Waals surface area contributed by atoms with E-state index in [1.807, 2.05) is 0 Å². The zero-order chi connectivity index (χ0) is 26.9. The molecule has 4 nitrogen and oxygen atoms in total. The van der Waals surface area contributed by atoms with Crippen LogP contribution in [0.5, 0.6) is 11.5 Å². The normalized spacial score (nSPS) is 20.1. The van der Waals surface area contributed by atoms with Crippen molar-refractivity contribution in [1.82, 2.24) is 0 Å². The summed E-state index contributed by atoms with van der Waals surface area (Å²) >= 11 is 0. The molecule has 2 N–H and O–H groups in total. The Morgan fingerprint density at radius 2 is 1.44 bits per heavy atom. The van der Waals surface area contributed by atoms with E-state index in [2.05, 4.69) is 55.4 Å². The minimum Gasteiger partial charge on any atom is -0.490 e. The molecule has 0 radical (unpaired) electrons. The van der Waals surface area contributed by atoms with E-state index in [0.29, 0.717) is 0 Å². The molecular weight excluding hydrogens is 448 g/mol. The first-order valence-corrected chi connectivity index (χ1v) is 14.7. The molecule has 4 atom stereocenters. The lowest BCUT2D eigenvalue weighted by Gasteiger charge is -2.38. The van der Waals surface area contributed by atoms with Gasteiger partial charge < -0.3 is 19.7 Å². The van der Waals surface area contributed by atoms with Crippen molar-refractivity contribution < 1.29 is 19.7 Å². The van der Waals surface area contributed by atoms with Crippen LogP contribution in [0.4, 0.5) is 0 Å². The van der Waals surface area contributed by atoms with Crippen LogP contribution in [-0.2, 0) is 6.42 Å². The number of fused-ring (bicyclic) bond motifs is 1. The van der Waals surface area contributed by atoms with Crippen molar-refractivity contribution in [3.8, 4) is 11.5 Å². The molecule has 0 bridgehead atoms. The van der Waals surface area contributed by atoms with E-state index in [4.69, 9.17) is 14.6 Å². The Morgan fingerprint density at radius 1 is 0.861 bits per heavy atom. The standard InChI is InChI=1S/C32H56O4/c1-22(2)12-9-13-23(3)14-10-15-24(4)16-11-18-32(8)19-17-29-27(7)30(35-21-28(34)20-33)25(5)26(6)31(29)36-32/h22-24,28,33-34H,9-21H2,1-8H3/t23-,24-,28?,32-/m1/s1. The van der Waals surface area contributed by atoms with Gasteiger partial charge in [0.1, 0.15) is 29.8 Å². The number of benzene rings is 1. The molecule has 1 aliphatic rings. The second-order valence-electron chi connectivity index (χ2n) is 12.6. The van der Waals surface area contributed by atoms with E-state index in [-0.39, 0.29) is 18.8 Å². The van der Waals surface area contributed by atoms with Crippen molar-refractivity contribution >= 4 is 0 Å². The molecule has 0 fully saturated rings. The molecule has 0 saturated carbocycles. The van der Waals surface area contributed by atoms with Crippen molar-refractivity contribution in [2.75, 3.05) is 13.2 Å². The maximum absolute atomic E-state index is 9.72. The van der Waals surface area contributed by atoms with Crippen LogP contribution in [0.25, 0.3) is 0 Å². The Morgan fingerprint density at radius 3 is 2.03 bits per heavy atom. The van der Waals surface area contributed by atoms with E-state index in [1.54, 1.807) is 0 Å². The summed E-state index contributed by atoms with van der Waals surface area (Å²) in [6.07, 6.45) is 13.0. The second kappa shape index (κ2) is 14.6. The molecule has 208 valence electrons. The molecule has 1 aromatic rings. The lowest BCUT2D eigenvalue weighted by Crippen LogP contribution is -2.37. The van der Waals surface area contributed by atoms with Crippen LogP contribution in [0.1, 0.15) is 121 Å². The van der Waals surface area contributed by atoms with Crippen molar-refractivity contribution in [2.24, 2.45) is 17.8 Å². The molecular formula is C32H56O4. The quantitative estimate of drug-likeness (QED) is 0.240. The smallest absolute Gasteiger partial charge is 0.127 e. The third-order valence-electron chi connectivity index (χ3n) is 8.47. The number of hydrogen-bond donors (Lipinski definition) is 2.